The molecule has 0 atom stereocenters. The van der Waals surface area contributed by atoms with Crippen LogP contribution in [0.2, 0.25) is 0 Å². The van der Waals surface area contributed by atoms with Crippen molar-refractivity contribution in [2.75, 3.05) is 18.3 Å². The molecule has 140 valence electrons. The second-order valence-electron chi connectivity index (χ2n) is 6.14. The lowest BCUT2D eigenvalue weighted by molar-refractivity contribution is 0.0966. The van der Waals surface area contributed by atoms with Gasteiger partial charge in [0.2, 0.25) is 10.7 Å². The molecule has 7 nitrogen and oxygen atoms in total. The number of aryl methyl sites for hydroxylation is 2. The van der Waals surface area contributed by atoms with Crippen molar-refractivity contribution in [1.82, 2.24) is 14.5 Å². The maximum atomic E-state index is 12.8. The van der Waals surface area contributed by atoms with Crippen LogP contribution in [0.5, 0.6) is 5.75 Å². The molecule has 2 aromatic carbocycles. The Morgan fingerprint density at radius 1 is 1.19 bits per heavy atom. The molecule has 0 aliphatic carbocycles. The number of nitrogens with two attached hydrogens (primary N) is 1. The number of nitrogen functional groups attached to an aromatic ring is 1. The molecule has 0 aliphatic heterocycles. The number of ketones is 1. The molecule has 0 unspecified atom stereocenters. The average molecular weight is 383 g/mol. The summed E-state index contributed by atoms with van der Waals surface area (Å²) in [6.07, 6.45) is 0. The summed E-state index contributed by atoms with van der Waals surface area (Å²) >= 11 is 5.45. The van der Waals surface area contributed by atoms with E-state index in [1.54, 1.807) is 7.11 Å². The van der Waals surface area contributed by atoms with Gasteiger partial charge in [0.15, 0.2) is 5.78 Å². The van der Waals surface area contributed by atoms with E-state index >= 15 is 0 Å². The van der Waals surface area contributed by atoms with Gasteiger partial charge in [-0.25, -0.2) is 4.68 Å². The molecule has 3 rings (SSSR count). The first kappa shape index (κ1) is 18.7. The highest BCUT2D eigenvalue weighted by Crippen LogP contribution is 2.24. The molecule has 0 radical (unpaired) electrons. The molecule has 1 heterocycles. The van der Waals surface area contributed by atoms with Crippen LogP contribution in [0.15, 0.2) is 42.5 Å². The molecular weight excluding hydrogens is 362 g/mol. The van der Waals surface area contributed by atoms with Gasteiger partial charge in [0.1, 0.15) is 12.3 Å². The van der Waals surface area contributed by atoms with Crippen molar-refractivity contribution in [3.05, 3.63) is 63.9 Å². The van der Waals surface area contributed by atoms with Gasteiger partial charge in [-0.2, -0.15) is 4.68 Å². The maximum absolute atomic E-state index is 12.8. The standard InChI is InChI=1S/C19H21N5O2S/c1-12-7-6-8-13(2)17(12)15(25)11-23-19(27)24(18(20)22-23)21-14-9-4-5-10-16(14)26-3/h4-10,21H,11H2,1-3H3,(H2,20,22). The number of aromatic nitrogens is 3. The van der Waals surface area contributed by atoms with Crippen LogP contribution in [0.4, 0.5) is 11.6 Å². The molecule has 0 aliphatic rings. The van der Waals surface area contributed by atoms with E-state index in [-0.39, 0.29) is 23.0 Å². The van der Waals surface area contributed by atoms with Gasteiger partial charge >= 0.3 is 0 Å². The quantitative estimate of drug-likeness (QED) is 0.501. The highest BCUT2D eigenvalue weighted by atomic mass is 32.1. The van der Waals surface area contributed by atoms with Crippen LogP contribution in [0.25, 0.3) is 0 Å². The summed E-state index contributed by atoms with van der Waals surface area (Å²) in [4.78, 5) is 12.8. The SMILES string of the molecule is COc1ccccc1Nn1c(N)nn(CC(=O)c2c(C)cccc2C)c1=S. The van der Waals surface area contributed by atoms with Gasteiger partial charge in [0, 0.05) is 5.56 Å². The molecule has 3 aromatic rings. The van der Waals surface area contributed by atoms with E-state index in [4.69, 9.17) is 22.7 Å². The maximum Gasteiger partial charge on any atom is 0.240 e. The van der Waals surface area contributed by atoms with Crippen LogP contribution < -0.4 is 15.9 Å². The Hall–Kier alpha value is -3.13. The normalized spacial score (nSPS) is 10.6. The summed E-state index contributed by atoms with van der Waals surface area (Å²) in [5, 5.41) is 4.22. The third kappa shape index (κ3) is 3.70. The average Bonchev–Trinajstić information content (AvgIpc) is 2.89. The third-order valence-corrected chi connectivity index (χ3v) is 4.65. The zero-order valence-electron chi connectivity index (χ0n) is 15.4. The van der Waals surface area contributed by atoms with Gasteiger partial charge in [0.05, 0.1) is 12.8 Å². The predicted molar refractivity (Wildman–Crippen MR) is 108 cm³/mol. The summed E-state index contributed by atoms with van der Waals surface area (Å²) in [5.41, 5.74) is 12.3. The Kier molecular flexibility index (Phi) is 5.27. The molecule has 0 spiro atoms. The summed E-state index contributed by atoms with van der Waals surface area (Å²) < 4.78 is 8.48. The van der Waals surface area contributed by atoms with Gasteiger partial charge in [-0.1, -0.05) is 30.3 Å². The number of benzene rings is 2. The molecule has 1 aromatic heterocycles. The van der Waals surface area contributed by atoms with Gasteiger partial charge in [0.25, 0.3) is 0 Å². The zero-order chi connectivity index (χ0) is 19.6. The number of hydrogen-bond acceptors (Lipinski definition) is 6. The number of ether oxygens (including phenoxy) is 1. The number of Topliss-reactive ketones (excluding diaryl/α,β-unsaturated/α-hetero) is 1. The summed E-state index contributed by atoms with van der Waals surface area (Å²) in [7, 11) is 1.58. The molecule has 0 fully saturated rings. The van der Waals surface area contributed by atoms with Crippen molar-refractivity contribution in [3.8, 4) is 5.75 Å². The Balaban J connectivity index is 1.90. The van der Waals surface area contributed by atoms with E-state index < -0.39 is 0 Å². The van der Waals surface area contributed by atoms with Gasteiger partial charge in [-0.15, -0.1) is 5.10 Å². The number of carbonyl (C=O) groups excluding carboxylic acids is 1. The van der Waals surface area contributed by atoms with Gasteiger partial charge < -0.3 is 10.5 Å². The number of anilines is 2. The van der Waals surface area contributed by atoms with Crippen molar-refractivity contribution in [2.24, 2.45) is 0 Å². The van der Waals surface area contributed by atoms with Crippen LogP contribution >= 0.6 is 12.2 Å². The number of para-hydroxylation sites is 2. The Labute approximate surface area is 162 Å². The number of nitrogens with zero attached hydrogens (tertiary/aromatic N) is 3. The first-order valence-electron chi connectivity index (χ1n) is 8.37. The molecule has 0 saturated heterocycles. The largest absolute Gasteiger partial charge is 0.495 e. The topological polar surface area (TPSA) is 87.1 Å². The Morgan fingerprint density at radius 3 is 2.52 bits per heavy atom. The van der Waals surface area contributed by atoms with Crippen LogP contribution in [0.1, 0.15) is 21.5 Å². The lowest BCUT2D eigenvalue weighted by Gasteiger charge is -2.11. The lowest BCUT2D eigenvalue weighted by atomic mass is 9.99. The van der Waals surface area contributed by atoms with E-state index in [1.807, 2.05) is 56.3 Å². The first-order valence-corrected chi connectivity index (χ1v) is 8.78. The van der Waals surface area contributed by atoms with Crippen molar-refractivity contribution < 1.29 is 9.53 Å². The van der Waals surface area contributed by atoms with E-state index in [9.17, 15) is 4.79 Å². The Bertz CT molecular complexity index is 1030. The number of methoxy groups -OCH3 is 1. The molecule has 8 heteroatoms. The summed E-state index contributed by atoms with van der Waals surface area (Å²) in [5.74, 6) is 0.724. The van der Waals surface area contributed by atoms with E-state index in [0.717, 1.165) is 11.1 Å². The molecular formula is C19H21N5O2S. The van der Waals surface area contributed by atoms with Crippen LogP contribution in [-0.4, -0.2) is 27.3 Å². The minimum Gasteiger partial charge on any atom is -0.495 e. The highest BCUT2D eigenvalue weighted by molar-refractivity contribution is 7.71. The van der Waals surface area contributed by atoms with E-state index in [0.29, 0.717) is 17.0 Å². The number of nitrogens with one attached hydrogen (secondary N) is 1. The fourth-order valence-corrected chi connectivity index (χ4v) is 3.20. The minimum atomic E-state index is -0.0661. The van der Waals surface area contributed by atoms with Crippen LogP contribution in [-0.2, 0) is 6.54 Å². The van der Waals surface area contributed by atoms with Crippen molar-refractivity contribution in [1.29, 1.82) is 0 Å². The van der Waals surface area contributed by atoms with Gasteiger partial charge in [-0.05, 0) is 49.3 Å². The zero-order valence-corrected chi connectivity index (χ0v) is 16.2. The fraction of sp³-hybridized carbons (Fsp3) is 0.211. The van der Waals surface area contributed by atoms with Crippen molar-refractivity contribution in [3.63, 3.8) is 0 Å². The van der Waals surface area contributed by atoms with Crippen molar-refractivity contribution >= 4 is 29.6 Å². The molecule has 0 bridgehead atoms. The second kappa shape index (κ2) is 7.63. The first-order chi connectivity index (χ1) is 12.9. The summed E-state index contributed by atoms with van der Waals surface area (Å²) in [6.45, 7) is 3.83. The van der Waals surface area contributed by atoms with E-state index in [1.165, 1.54) is 9.36 Å². The van der Waals surface area contributed by atoms with E-state index in [2.05, 4.69) is 10.5 Å². The smallest absolute Gasteiger partial charge is 0.240 e. The number of hydrogen-bond donors (Lipinski definition) is 2. The fourth-order valence-electron chi connectivity index (χ4n) is 2.96. The monoisotopic (exact) mass is 383 g/mol. The number of carbonyl (C=O) groups is 1. The lowest BCUT2D eigenvalue weighted by Crippen LogP contribution is -2.16. The highest BCUT2D eigenvalue weighted by Gasteiger charge is 2.16. The third-order valence-electron chi connectivity index (χ3n) is 4.26. The van der Waals surface area contributed by atoms with Crippen molar-refractivity contribution in [2.45, 2.75) is 20.4 Å². The molecule has 3 N–H and O–H groups in total. The molecule has 0 amide bonds. The summed E-state index contributed by atoms with van der Waals surface area (Å²) in [6, 6.07) is 13.1. The van der Waals surface area contributed by atoms with Gasteiger partial charge in [-0.3, -0.25) is 10.2 Å². The van der Waals surface area contributed by atoms with Crippen LogP contribution in [0.3, 0.4) is 0 Å². The predicted octanol–water partition coefficient (Wildman–Crippen LogP) is 3.38. The Morgan fingerprint density at radius 2 is 1.85 bits per heavy atom. The number of rotatable bonds is 6. The second-order valence-corrected chi connectivity index (χ2v) is 6.50. The van der Waals surface area contributed by atoms with Crippen LogP contribution in [0, 0.1) is 18.6 Å². The molecule has 27 heavy (non-hydrogen) atoms. The molecule has 0 saturated carbocycles. The minimum absolute atomic E-state index is 0.00926.